The third-order valence-corrected chi connectivity index (χ3v) is 11.6. The lowest BCUT2D eigenvalue weighted by Gasteiger charge is -2.25. The predicted octanol–water partition coefficient (Wildman–Crippen LogP) is 9.28. The van der Waals surface area contributed by atoms with Gasteiger partial charge in [0.15, 0.2) is 0 Å². The fourth-order valence-electron chi connectivity index (χ4n) is 8.33. The second kappa shape index (κ2) is 18.1. The number of fused-ring (bicyclic) bond motifs is 2. The molecule has 0 radical (unpaired) electrons. The standard InChI is InChI=1S/C28H31N5O2.C20H23N5O/c1-4-15-31(2)22-9-7-21(8-10-22)27-18-32(17-20-5-12-24(35-3)13-6-20)28(34)33(27)23-11-14-25-26(16-23)30-19-29-25;1-3-10-24(2)15-6-4-14(5-7-15)19-12-21-20(26)25(19)16-8-9-17-18(11-16)23-13-22-17/h5-14,16,19,27H,4,15,17-18H2,1-3H3,(H,29,30);4-9,11,13,19H,3,10,12H2,1-2H3,(H,21,26)(H,22,23). The maximum absolute atomic E-state index is 13.7. The number of hydrogen-bond donors (Lipinski definition) is 3. The van der Waals surface area contributed by atoms with Crippen molar-refractivity contribution in [1.29, 1.82) is 0 Å². The van der Waals surface area contributed by atoms with E-state index in [0.29, 0.717) is 19.6 Å². The number of carbonyl (C=O) groups is 2. The van der Waals surface area contributed by atoms with Gasteiger partial charge in [-0.15, -0.1) is 0 Å². The van der Waals surface area contributed by atoms with Crippen LogP contribution in [-0.4, -0.2) is 84.3 Å². The van der Waals surface area contributed by atoms with E-state index in [-0.39, 0.29) is 24.1 Å². The summed E-state index contributed by atoms with van der Waals surface area (Å²) in [5, 5.41) is 2.97. The highest BCUT2D eigenvalue weighted by Crippen LogP contribution is 2.37. The average molecular weight is 819 g/mol. The number of carbonyl (C=O) groups excluding carboxylic acids is 2. The van der Waals surface area contributed by atoms with Crippen LogP contribution < -0.4 is 29.7 Å². The Hall–Kier alpha value is -7.02. The molecule has 2 aliphatic rings. The Balaban J connectivity index is 0.000000176. The number of methoxy groups -OCH3 is 1. The lowest BCUT2D eigenvalue weighted by molar-refractivity contribution is 0.218. The van der Waals surface area contributed by atoms with E-state index in [1.165, 1.54) is 11.4 Å². The average Bonchev–Trinajstić information content (AvgIpc) is 4.11. The molecule has 2 atom stereocenters. The van der Waals surface area contributed by atoms with Crippen LogP contribution in [0.5, 0.6) is 5.75 Å². The Morgan fingerprint density at radius 3 is 1.72 bits per heavy atom. The summed E-state index contributed by atoms with van der Waals surface area (Å²) in [7, 11) is 5.87. The van der Waals surface area contributed by atoms with Gasteiger partial charge < -0.3 is 34.7 Å². The first-order chi connectivity index (χ1) is 29.7. The van der Waals surface area contributed by atoms with E-state index in [1.807, 2.05) is 75.4 Å². The normalized spacial score (nSPS) is 16.2. The number of imidazole rings is 2. The van der Waals surface area contributed by atoms with Gasteiger partial charge >= 0.3 is 12.1 Å². The van der Waals surface area contributed by atoms with Gasteiger partial charge in [0.2, 0.25) is 0 Å². The summed E-state index contributed by atoms with van der Waals surface area (Å²) in [6, 6.07) is 36.6. The number of hydrogen-bond acceptors (Lipinski definition) is 7. The molecule has 13 nitrogen and oxygen atoms in total. The van der Waals surface area contributed by atoms with E-state index >= 15 is 0 Å². The zero-order chi connectivity index (χ0) is 42.5. The summed E-state index contributed by atoms with van der Waals surface area (Å²) in [5.41, 5.74) is 11.0. The summed E-state index contributed by atoms with van der Waals surface area (Å²) in [6.45, 7) is 8.14. The number of ether oxygens (including phenoxy) is 1. The molecular formula is C48H54N10O3. The Morgan fingerprint density at radius 1 is 0.672 bits per heavy atom. The van der Waals surface area contributed by atoms with E-state index in [9.17, 15) is 9.59 Å². The fraction of sp³-hybridized carbons (Fsp3) is 0.292. The molecule has 2 saturated heterocycles. The zero-order valence-electron chi connectivity index (χ0n) is 35.5. The molecule has 0 bridgehead atoms. The second-order valence-corrected chi connectivity index (χ2v) is 15.7. The van der Waals surface area contributed by atoms with Crippen LogP contribution in [0.2, 0.25) is 0 Å². The van der Waals surface area contributed by atoms with E-state index < -0.39 is 0 Å². The molecule has 2 fully saturated rings. The third-order valence-electron chi connectivity index (χ3n) is 11.6. The molecule has 2 aromatic heterocycles. The van der Waals surface area contributed by atoms with Crippen molar-refractivity contribution in [2.24, 2.45) is 0 Å². The van der Waals surface area contributed by atoms with Gasteiger partial charge in [-0.05, 0) is 102 Å². The highest BCUT2D eigenvalue weighted by atomic mass is 16.5. The number of nitrogens with one attached hydrogen (secondary N) is 3. The van der Waals surface area contributed by atoms with Crippen molar-refractivity contribution < 1.29 is 14.3 Å². The molecule has 2 unspecified atom stereocenters. The van der Waals surface area contributed by atoms with Crippen molar-refractivity contribution in [1.82, 2.24) is 30.2 Å². The maximum Gasteiger partial charge on any atom is 0.325 e. The molecule has 13 heteroatoms. The topological polar surface area (TPSA) is 129 Å². The minimum Gasteiger partial charge on any atom is -0.497 e. The predicted molar refractivity (Wildman–Crippen MR) is 245 cm³/mol. The third kappa shape index (κ3) is 8.68. The number of benzene rings is 5. The van der Waals surface area contributed by atoms with Gasteiger partial charge in [-0.25, -0.2) is 19.6 Å². The number of amides is 4. The summed E-state index contributed by atoms with van der Waals surface area (Å²) < 4.78 is 5.28. The molecule has 0 spiro atoms. The molecule has 7 aromatic rings. The SMILES string of the molecule is CCCN(C)c1ccc(C2CN(Cc3ccc(OC)cc3)C(=O)N2c2ccc3nc[nH]c3c2)cc1.CCCN(C)c1ccc(C2CNC(=O)N2c2ccc3nc[nH]c3c2)cc1. The van der Waals surface area contributed by atoms with Gasteiger partial charge in [0, 0.05) is 69.6 Å². The van der Waals surface area contributed by atoms with Crippen molar-refractivity contribution in [3.05, 3.63) is 139 Å². The molecule has 4 amide bonds. The van der Waals surface area contributed by atoms with Crippen LogP contribution >= 0.6 is 0 Å². The number of H-pyrrole nitrogens is 2. The fourth-order valence-corrected chi connectivity index (χ4v) is 8.33. The molecule has 2 aliphatic heterocycles. The molecule has 0 saturated carbocycles. The largest absolute Gasteiger partial charge is 0.497 e. The van der Waals surface area contributed by atoms with Gasteiger partial charge in [0.25, 0.3) is 0 Å². The zero-order valence-corrected chi connectivity index (χ0v) is 35.5. The Labute approximate surface area is 356 Å². The number of aromatic amines is 2. The van der Waals surface area contributed by atoms with Crippen LogP contribution in [0.4, 0.5) is 32.3 Å². The minimum absolute atomic E-state index is 0.00291. The lowest BCUT2D eigenvalue weighted by Crippen LogP contribution is -2.32. The number of anilines is 4. The smallest absolute Gasteiger partial charge is 0.325 e. The van der Waals surface area contributed by atoms with Gasteiger partial charge in [0.1, 0.15) is 5.75 Å². The molecular weight excluding hydrogens is 765 g/mol. The van der Waals surface area contributed by atoms with Crippen molar-refractivity contribution in [2.45, 2.75) is 45.3 Å². The van der Waals surface area contributed by atoms with Crippen molar-refractivity contribution >= 4 is 56.9 Å². The van der Waals surface area contributed by atoms with Crippen molar-refractivity contribution in [3.63, 3.8) is 0 Å². The van der Waals surface area contributed by atoms with Gasteiger partial charge in [0.05, 0.1) is 53.9 Å². The molecule has 314 valence electrons. The number of nitrogens with zero attached hydrogens (tertiary/aromatic N) is 7. The quantitative estimate of drug-likeness (QED) is 0.106. The summed E-state index contributed by atoms with van der Waals surface area (Å²) >= 11 is 0. The van der Waals surface area contributed by atoms with Crippen LogP contribution in [0.25, 0.3) is 22.1 Å². The number of rotatable bonds is 13. The summed E-state index contributed by atoms with van der Waals surface area (Å²) in [6.07, 6.45) is 5.56. The van der Waals surface area contributed by atoms with Crippen molar-refractivity contribution in [2.75, 3.05) is 67.0 Å². The molecule has 4 heterocycles. The highest BCUT2D eigenvalue weighted by molar-refractivity contribution is 5.98. The lowest BCUT2D eigenvalue weighted by atomic mass is 10.0. The Bertz CT molecular complexity index is 2570. The maximum atomic E-state index is 13.7. The van der Waals surface area contributed by atoms with E-state index in [1.54, 1.807) is 19.8 Å². The highest BCUT2D eigenvalue weighted by Gasteiger charge is 2.39. The molecule has 61 heavy (non-hydrogen) atoms. The summed E-state index contributed by atoms with van der Waals surface area (Å²) in [4.78, 5) is 51.2. The first kappa shape index (κ1) is 40.7. The summed E-state index contributed by atoms with van der Waals surface area (Å²) in [5.74, 6) is 0.807. The second-order valence-electron chi connectivity index (χ2n) is 15.7. The molecule has 9 rings (SSSR count). The van der Waals surface area contributed by atoms with Crippen molar-refractivity contribution in [3.8, 4) is 5.75 Å². The molecule has 3 N–H and O–H groups in total. The van der Waals surface area contributed by atoms with E-state index in [2.05, 4.69) is 112 Å². The number of urea groups is 2. The Morgan fingerprint density at radius 2 is 1.20 bits per heavy atom. The van der Waals surface area contributed by atoms with Gasteiger partial charge in [-0.3, -0.25) is 9.80 Å². The molecule has 5 aromatic carbocycles. The van der Waals surface area contributed by atoms with Crippen LogP contribution in [0.15, 0.2) is 122 Å². The molecule has 0 aliphatic carbocycles. The van der Waals surface area contributed by atoms with Crippen LogP contribution in [0.3, 0.4) is 0 Å². The van der Waals surface area contributed by atoms with Crippen LogP contribution in [-0.2, 0) is 6.54 Å². The van der Waals surface area contributed by atoms with Crippen LogP contribution in [0, 0.1) is 0 Å². The van der Waals surface area contributed by atoms with E-state index in [0.717, 1.165) is 81.8 Å². The number of aromatic nitrogens is 4. The Kier molecular flexibility index (Phi) is 12.1. The first-order valence-electron chi connectivity index (χ1n) is 21.0. The van der Waals surface area contributed by atoms with E-state index in [4.69, 9.17) is 4.74 Å². The first-order valence-corrected chi connectivity index (χ1v) is 21.0. The van der Waals surface area contributed by atoms with Crippen LogP contribution in [0.1, 0.15) is 55.5 Å². The van der Waals surface area contributed by atoms with Gasteiger partial charge in [-0.1, -0.05) is 50.2 Å². The van der Waals surface area contributed by atoms with Gasteiger partial charge in [-0.2, -0.15) is 0 Å². The monoisotopic (exact) mass is 818 g/mol. The minimum atomic E-state index is -0.0911.